The molecule has 0 atom stereocenters. The van der Waals surface area contributed by atoms with Crippen LogP contribution in [0.4, 0.5) is 0 Å². The Hall–Kier alpha value is -6.96. The van der Waals surface area contributed by atoms with Crippen LogP contribution in [0.2, 0.25) is 0 Å². The van der Waals surface area contributed by atoms with Gasteiger partial charge in [-0.05, 0) is 106 Å². The molecule has 1 heteroatoms. The molecule has 53 heavy (non-hydrogen) atoms. The van der Waals surface area contributed by atoms with Gasteiger partial charge in [0, 0.05) is 10.8 Å². The first-order chi connectivity index (χ1) is 31.7. The van der Waals surface area contributed by atoms with Gasteiger partial charge in [-0.1, -0.05) is 176 Å². The third-order valence-corrected chi connectivity index (χ3v) is 10.2. The number of fused-ring (bicyclic) bond motifs is 7. The van der Waals surface area contributed by atoms with Crippen molar-refractivity contribution in [1.29, 1.82) is 0 Å². The Labute approximate surface area is 325 Å². The van der Waals surface area contributed by atoms with Crippen molar-refractivity contribution in [2.75, 3.05) is 0 Å². The number of furan rings is 1. The molecule has 0 saturated carbocycles. The lowest BCUT2D eigenvalue weighted by atomic mass is 9.81. The highest BCUT2D eigenvalue weighted by Gasteiger charge is 2.22. The van der Waals surface area contributed by atoms with E-state index < -0.39 is 78.6 Å². The Morgan fingerprint density at radius 2 is 0.868 bits per heavy atom. The van der Waals surface area contributed by atoms with Crippen molar-refractivity contribution in [1.82, 2.24) is 0 Å². The Bertz CT molecular complexity index is 3880. The van der Waals surface area contributed by atoms with Crippen molar-refractivity contribution in [2.45, 2.75) is 0 Å². The SMILES string of the molecule is [2H]c1c([2H])c([2H])c(-c2ccc3ccccc3c2-c2c3c([2H])c([2H])c([2H])c([2H])c3c(-c3ccc(-c4ccc5oc6ccccc6c5c4)c4ccccc34)c3c([2H])c([2H])c([2H])c([2H])c23)c([2H])c1[2H]. The smallest absolute Gasteiger partial charge is 0.135 e. The van der Waals surface area contributed by atoms with Crippen LogP contribution in [0.25, 0.3) is 110 Å². The fraction of sp³-hybridized carbons (Fsp3) is 0. The van der Waals surface area contributed by atoms with Crippen molar-refractivity contribution < 1.29 is 22.2 Å². The summed E-state index contributed by atoms with van der Waals surface area (Å²) in [5, 5.41) is 4.21. The average molecular weight is 686 g/mol. The fourth-order valence-corrected chi connectivity index (χ4v) is 7.94. The second-order valence-corrected chi connectivity index (χ2v) is 13.0. The predicted octanol–water partition coefficient (Wildman–Crippen LogP) is 14.9. The van der Waals surface area contributed by atoms with Crippen LogP contribution in [0.5, 0.6) is 0 Å². The van der Waals surface area contributed by atoms with Gasteiger partial charge in [-0.25, -0.2) is 0 Å². The highest BCUT2D eigenvalue weighted by molar-refractivity contribution is 6.27. The van der Waals surface area contributed by atoms with Crippen LogP contribution in [0.1, 0.15) is 17.8 Å². The first-order valence-corrected chi connectivity index (χ1v) is 17.2. The van der Waals surface area contributed by atoms with Crippen molar-refractivity contribution in [2.24, 2.45) is 0 Å². The lowest BCUT2D eigenvalue weighted by molar-refractivity contribution is 0.669. The van der Waals surface area contributed by atoms with Gasteiger partial charge in [-0.3, -0.25) is 0 Å². The summed E-state index contributed by atoms with van der Waals surface area (Å²) in [6.07, 6.45) is 0. The zero-order valence-corrected chi connectivity index (χ0v) is 27.9. The number of hydrogen-bond donors (Lipinski definition) is 0. The van der Waals surface area contributed by atoms with E-state index in [0.717, 1.165) is 38.5 Å². The summed E-state index contributed by atoms with van der Waals surface area (Å²) >= 11 is 0. The highest BCUT2D eigenvalue weighted by Crippen LogP contribution is 2.50. The minimum Gasteiger partial charge on any atom is -0.456 e. The van der Waals surface area contributed by atoms with Crippen molar-refractivity contribution in [3.8, 4) is 44.5 Å². The maximum absolute atomic E-state index is 9.70. The van der Waals surface area contributed by atoms with Gasteiger partial charge in [0.05, 0.1) is 17.8 Å². The van der Waals surface area contributed by atoms with Crippen LogP contribution in [-0.2, 0) is 0 Å². The van der Waals surface area contributed by atoms with E-state index in [4.69, 9.17) is 16.8 Å². The average Bonchev–Trinajstić information content (AvgIpc) is 3.71. The number of rotatable bonds is 4. The van der Waals surface area contributed by atoms with Crippen LogP contribution in [0.3, 0.4) is 0 Å². The molecule has 0 N–H and O–H groups in total. The quantitative estimate of drug-likeness (QED) is 0.168. The van der Waals surface area contributed by atoms with Gasteiger partial charge in [-0.15, -0.1) is 0 Å². The lowest BCUT2D eigenvalue weighted by Gasteiger charge is -2.22. The van der Waals surface area contributed by atoms with Crippen LogP contribution in [0, 0.1) is 0 Å². The summed E-state index contributed by atoms with van der Waals surface area (Å²) in [5.41, 5.74) is 3.91. The second-order valence-electron chi connectivity index (χ2n) is 13.0. The zero-order chi connectivity index (χ0) is 46.2. The van der Waals surface area contributed by atoms with Crippen LogP contribution in [-0.4, -0.2) is 0 Å². The Morgan fingerprint density at radius 3 is 1.60 bits per heavy atom. The molecule has 0 bridgehead atoms. The van der Waals surface area contributed by atoms with Crippen molar-refractivity contribution in [3.05, 3.63) is 194 Å². The zero-order valence-electron chi connectivity index (χ0n) is 40.9. The molecule has 0 radical (unpaired) electrons. The van der Waals surface area contributed by atoms with Crippen molar-refractivity contribution >= 4 is 65.0 Å². The van der Waals surface area contributed by atoms with E-state index in [1.807, 2.05) is 72.8 Å². The van der Waals surface area contributed by atoms with Gasteiger partial charge >= 0.3 is 0 Å². The molecule has 1 nitrogen and oxygen atoms in total. The fourth-order valence-electron chi connectivity index (χ4n) is 7.94. The summed E-state index contributed by atoms with van der Waals surface area (Å²) in [7, 11) is 0. The standard InChI is InChI=1S/C52H32O/c1-2-14-33(15-3-1)38-28-26-34-16-4-5-17-37(34)51(38)52-44-23-10-8-21-42(44)50(43-22-9-11-24-45(43)52)46-30-29-36(39-18-6-7-19-40(39)46)35-27-31-49-47(32-35)41-20-12-13-25-48(41)53-49/h1-32H/i1D,2D,3D,8D,9D,10D,11D,14D,15D,21D,22D,23D,24D. The van der Waals surface area contributed by atoms with Crippen LogP contribution >= 0.6 is 0 Å². The molecule has 0 unspecified atom stereocenters. The van der Waals surface area contributed by atoms with E-state index in [1.165, 1.54) is 0 Å². The monoisotopic (exact) mass is 685 g/mol. The summed E-state index contributed by atoms with van der Waals surface area (Å²) in [5.74, 6) is 0. The molecule has 0 fully saturated rings. The molecule has 11 rings (SSSR count). The third-order valence-electron chi connectivity index (χ3n) is 10.2. The largest absolute Gasteiger partial charge is 0.456 e. The molecular weight excluding hydrogens is 641 g/mol. The minimum atomic E-state index is -0.603. The second kappa shape index (κ2) is 11.8. The maximum Gasteiger partial charge on any atom is 0.135 e. The Kier molecular flexibility index (Phi) is 4.36. The van der Waals surface area contributed by atoms with E-state index >= 15 is 0 Å². The van der Waals surface area contributed by atoms with Crippen LogP contribution in [0.15, 0.2) is 198 Å². The summed E-state index contributed by atoms with van der Waals surface area (Å²) in [4.78, 5) is 0. The molecule has 0 aliphatic rings. The molecule has 0 saturated heterocycles. The minimum absolute atomic E-state index is 0.00271. The molecule has 0 aliphatic carbocycles. The van der Waals surface area contributed by atoms with Crippen LogP contribution < -0.4 is 0 Å². The first kappa shape index (κ1) is 19.6. The van der Waals surface area contributed by atoms with E-state index in [9.17, 15) is 5.48 Å². The Morgan fingerprint density at radius 1 is 0.321 bits per heavy atom. The molecule has 1 heterocycles. The lowest BCUT2D eigenvalue weighted by Crippen LogP contribution is -1.94. The summed E-state index contributed by atoms with van der Waals surface area (Å²) in [6.45, 7) is 0. The number of benzene rings is 10. The predicted molar refractivity (Wildman–Crippen MR) is 225 cm³/mol. The van der Waals surface area contributed by atoms with Gasteiger partial charge < -0.3 is 4.42 Å². The van der Waals surface area contributed by atoms with Crippen molar-refractivity contribution in [3.63, 3.8) is 0 Å². The molecular formula is C52H32O. The number of para-hydroxylation sites is 1. The third kappa shape index (κ3) is 4.58. The normalized spacial score (nSPS) is 15.2. The van der Waals surface area contributed by atoms with Gasteiger partial charge in [0.2, 0.25) is 0 Å². The molecule has 0 spiro atoms. The molecule has 0 aliphatic heterocycles. The maximum atomic E-state index is 9.70. The topological polar surface area (TPSA) is 13.1 Å². The van der Waals surface area contributed by atoms with Gasteiger partial charge in [-0.2, -0.15) is 0 Å². The molecule has 1 aromatic heterocycles. The van der Waals surface area contributed by atoms with E-state index in [2.05, 4.69) is 6.07 Å². The van der Waals surface area contributed by atoms with Gasteiger partial charge in [0.1, 0.15) is 11.2 Å². The summed E-state index contributed by atoms with van der Waals surface area (Å²) in [6, 6.07) is 28.4. The molecule has 246 valence electrons. The van der Waals surface area contributed by atoms with E-state index in [-0.39, 0.29) is 49.4 Å². The number of hydrogen-bond acceptors (Lipinski definition) is 1. The van der Waals surface area contributed by atoms with Gasteiger partial charge in [0.15, 0.2) is 0 Å². The highest BCUT2D eigenvalue weighted by atomic mass is 16.3. The van der Waals surface area contributed by atoms with E-state index in [0.29, 0.717) is 21.7 Å². The summed E-state index contributed by atoms with van der Waals surface area (Å²) < 4.78 is 125. The Balaban J connectivity index is 1.35. The molecule has 11 aromatic rings. The molecule has 0 amide bonds. The molecule has 10 aromatic carbocycles. The van der Waals surface area contributed by atoms with E-state index in [1.54, 1.807) is 36.4 Å². The first-order valence-electron chi connectivity index (χ1n) is 23.7. The van der Waals surface area contributed by atoms with Gasteiger partial charge in [0.25, 0.3) is 0 Å².